The zero-order valence-electron chi connectivity index (χ0n) is 24.0. The largest absolute Gasteiger partial charge is 0.508 e. The zero-order chi connectivity index (χ0) is 31.2. The molecule has 2 amide bonds. The molecule has 1 aromatic carbocycles. The number of Topliss-reactive ketones (excluding diaryl/α,β-unsaturated/α-hetero) is 2. The first-order chi connectivity index (χ1) is 19.6. The van der Waals surface area contributed by atoms with Gasteiger partial charge in [0, 0.05) is 29.2 Å². The van der Waals surface area contributed by atoms with Crippen LogP contribution in [0.4, 0.5) is 10.1 Å². The van der Waals surface area contributed by atoms with Crippen molar-refractivity contribution in [1.82, 2.24) is 9.80 Å². The Morgan fingerprint density at radius 1 is 1.21 bits per heavy atom. The zero-order valence-corrected chi connectivity index (χ0v) is 24.0. The second kappa shape index (κ2) is 9.89. The molecule has 5 rings (SSSR count). The monoisotopic (exact) mass is 586 g/mol. The highest BCUT2D eigenvalue weighted by atomic mass is 19.1. The van der Waals surface area contributed by atoms with E-state index in [1.54, 1.807) is 11.9 Å². The van der Waals surface area contributed by atoms with Gasteiger partial charge in [-0.3, -0.25) is 29.0 Å². The summed E-state index contributed by atoms with van der Waals surface area (Å²) in [5, 5.41) is 48.0. The van der Waals surface area contributed by atoms with Crippen LogP contribution < -0.4 is 11.1 Å². The normalized spacial score (nSPS) is 30.3. The van der Waals surface area contributed by atoms with Crippen molar-refractivity contribution < 1.29 is 44.0 Å². The summed E-state index contributed by atoms with van der Waals surface area (Å²) in [4.78, 5) is 55.6. The molecule has 1 aromatic rings. The first-order valence-electron chi connectivity index (χ1n) is 13.8. The Morgan fingerprint density at radius 2 is 1.86 bits per heavy atom. The predicted molar refractivity (Wildman–Crippen MR) is 148 cm³/mol. The third-order valence-corrected chi connectivity index (χ3v) is 9.50. The van der Waals surface area contributed by atoms with Crippen LogP contribution in [0.1, 0.15) is 43.4 Å². The second-order valence-electron chi connectivity index (χ2n) is 12.1. The number of hydrogen-bond acceptors (Lipinski definition) is 10. The van der Waals surface area contributed by atoms with E-state index in [0.29, 0.717) is 6.42 Å². The number of hydrogen-bond donors (Lipinski definition) is 6. The molecular weight excluding hydrogens is 551 g/mol. The number of nitrogens with one attached hydrogen (secondary N) is 1. The van der Waals surface area contributed by atoms with Gasteiger partial charge in [-0.25, -0.2) is 4.39 Å². The minimum atomic E-state index is -2.80. The summed E-state index contributed by atoms with van der Waals surface area (Å²) in [5.74, 6) is -9.58. The molecular formula is C29H35FN4O8. The number of primary amides is 1. The number of rotatable bonds is 4. The third-order valence-electron chi connectivity index (χ3n) is 9.50. The Kier molecular flexibility index (Phi) is 6.99. The van der Waals surface area contributed by atoms with E-state index in [1.165, 1.54) is 19.0 Å². The fourth-order valence-electron chi connectivity index (χ4n) is 7.34. The number of nitrogens with zero attached hydrogens (tertiary/aromatic N) is 2. The maximum absolute atomic E-state index is 16.3. The molecule has 1 fully saturated rings. The van der Waals surface area contributed by atoms with E-state index in [-0.39, 0.29) is 42.1 Å². The number of carbonyl (C=O) groups is 4. The van der Waals surface area contributed by atoms with E-state index in [2.05, 4.69) is 5.32 Å². The lowest BCUT2D eigenvalue weighted by atomic mass is 9.57. The van der Waals surface area contributed by atoms with Crippen molar-refractivity contribution in [3.05, 3.63) is 39.4 Å². The standard InChI is InChI=1S/C29H35FN4O8/c1-6-10(2)20-28(41)32-19-13(9-34(20)5)18(30)12-7-11-8-14-21(33(3)4)24(37)17(27(31)40)26(39)29(14,42)25(38)15(11)22(35)16(12)23(19)36/h10-11,14,20-21,35-36,39,42H,6-9H2,1-5H3,(H2,31,40)(H,32,41)/t10?,11-,14?,20+,21-,29-/m0/s1. The van der Waals surface area contributed by atoms with E-state index in [0.717, 1.165) is 0 Å². The molecule has 7 N–H and O–H groups in total. The number of amides is 2. The third kappa shape index (κ3) is 3.83. The van der Waals surface area contributed by atoms with Crippen LogP contribution in [0.15, 0.2) is 16.9 Å². The summed E-state index contributed by atoms with van der Waals surface area (Å²) < 4.78 is 16.3. The molecule has 0 saturated heterocycles. The van der Waals surface area contributed by atoms with Gasteiger partial charge in [0.25, 0.3) is 5.91 Å². The van der Waals surface area contributed by atoms with Crippen LogP contribution in [0.3, 0.4) is 0 Å². The Bertz CT molecular complexity index is 1520. The number of aromatic hydroxyl groups is 1. The van der Waals surface area contributed by atoms with Crippen molar-refractivity contribution in [1.29, 1.82) is 0 Å². The van der Waals surface area contributed by atoms with E-state index in [1.807, 2.05) is 13.8 Å². The van der Waals surface area contributed by atoms with Gasteiger partial charge in [0.05, 0.1) is 23.3 Å². The topological polar surface area (TPSA) is 194 Å². The number of phenolic OH excluding ortho intramolecular Hbond substituents is 1. The van der Waals surface area contributed by atoms with Crippen LogP contribution in [-0.4, -0.2) is 92.4 Å². The molecule has 13 heteroatoms. The van der Waals surface area contributed by atoms with Gasteiger partial charge in [0.2, 0.25) is 11.7 Å². The number of anilines is 1. The lowest BCUT2D eigenvalue weighted by Crippen LogP contribution is -2.65. The molecule has 12 nitrogen and oxygen atoms in total. The van der Waals surface area contributed by atoms with Crippen molar-refractivity contribution >= 4 is 34.8 Å². The van der Waals surface area contributed by atoms with E-state index < -0.39 is 92.7 Å². The van der Waals surface area contributed by atoms with Gasteiger partial charge in [0.1, 0.15) is 22.9 Å². The number of carbonyl (C=O) groups excluding carboxylic acids is 4. The van der Waals surface area contributed by atoms with Gasteiger partial charge >= 0.3 is 0 Å². The Hall–Kier alpha value is -3.81. The fraction of sp³-hybridized carbons (Fsp3) is 0.517. The van der Waals surface area contributed by atoms with Gasteiger partial charge in [-0.15, -0.1) is 0 Å². The van der Waals surface area contributed by atoms with Crippen LogP contribution in [-0.2, 0) is 32.1 Å². The van der Waals surface area contributed by atoms with Gasteiger partial charge in [-0.05, 0) is 45.8 Å². The number of aliphatic hydroxyl groups excluding tert-OH is 2. The first kappa shape index (κ1) is 29.7. The summed E-state index contributed by atoms with van der Waals surface area (Å²) >= 11 is 0. The van der Waals surface area contributed by atoms with E-state index in [4.69, 9.17) is 5.73 Å². The van der Waals surface area contributed by atoms with Gasteiger partial charge in [-0.2, -0.15) is 0 Å². The molecule has 1 heterocycles. The Labute approximate surface area is 241 Å². The quantitative estimate of drug-likeness (QED) is 0.218. The van der Waals surface area contributed by atoms with Crippen molar-refractivity contribution in [3.63, 3.8) is 0 Å². The molecule has 1 saturated carbocycles. The Balaban J connectivity index is 1.71. The van der Waals surface area contributed by atoms with Crippen LogP contribution in [0.25, 0.3) is 5.76 Å². The summed E-state index contributed by atoms with van der Waals surface area (Å²) in [6.45, 7) is 3.78. The number of ketones is 2. The van der Waals surface area contributed by atoms with Crippen LogP contribution >= 0.6 is 0 Å². The fourth-order valence-corrected chi connectivity index (χ4v) is 7.34. The number of halogens is 1. The lowest BCUT2D eigenvalue weighted by molar-refractivity contribution is -0.153. The molecule has 0 spiro atoms. The minimum absolute atomic E-state index is 0.0217. The molecule has 3 aliphatic carbocycles. The van der Waals surface area contributed by atoms with Crippen LogP contribution in [0, 0.1) is 23.6 Å². The average Bonchev–Trinajstić information content (AvgIpc) is 3.03. The molecule has 0 bridgehead atoms. The maximum Gasteiger partial charge on any atom is 0.255 e. The van der Waals surface area contributed by atoms with Crippen molar-refractivity contribution in [2.45, 2.75) is 57.3 Å². The maximum atomic E-state index is 16.3. The van der Waals surface area contributed by atoms with Gasteiger partial charge in [-0.1, -0.05) is 20.3 Å². The molecule has 1 aliphatic heterocycles. The van der Waals surface area contributed by atoms with E-state index >= 15 is 4.39 Å². The summed E-state index contributed by atoms with van der Waals surface area (Å²) in [6.07, 6.45) is 0.323. The molecule has 226 valence electrons. The number of fused-ring (bicyclic) bond motifs is 4. The average molecular weight is 587 g/mol. The summed E-state index contributed by atoms with van der Waals surface area (Å²) in [7, 11) is 4.68. The molecule has 0 radical (unpaired) electrons. The van der Waals surface area contributed by atoms with Gasteiger partial charge in [0.15, 0.2) is 17.1 Å². The number of likely N-dealkylation sites (N-methyl/N-ethyl adjacent to an activating group) is 2. The Morgan fingerprint density at radius 3 is 2.43 bits per heavy atom. The predicted octanol–water partition coefficient (Wildman–Crippen LogP) is 0.902. The van der Waals surface area contributed by atoms with Crippen molar-refractivity contribution in [2.24, 2.45) is 23.5 Å². The highest BCUT2D eigenvalue weighted by Gasteiger charge is 2.64. The van der Waals surface area contributed by atoms with Gasteiger partial charge < -0.3 is 31.5 Å². The minimum Gasteiger partial charge on any atom is -0.508 e. The van der Waals surface area contributed by atoms with Crippen LogP contribution in [0.2, 0.25) is 0 Å². The molecule has 0 aromatic heterocycles. The number of nitrogens with two attached hydrogens (primary N) is 1. The second-order valence-corrected chi connectivity index (χ2v) is 12.1. The number of aliphatic hydroxyl groups is 3. The highest BCUT2D eigenvalue weighted by Crippen LogP contribution is 2.54. The van der Waals surface area contributed by atoms with Crippen LogP contribution in [0.5, 0.6) is 5.75 Å². The SMILES string of the molecule is CCC(C)[C@@H]1C(=O)Nc2c(O)c3c(c(F)c2CN1C)C[C@H]1CC2[C@H](N(C)C)C(=O)C(C(N)=O)=C(O)[C@@]2(O)C(=O)C1=C3O. The first-order valence-corrected chi connectivity index (χ1v) is 13.8. The molecule has 6 atom stereocenters. The number of phenols is 1. The summed E-state index contributed by atoms with van der Waals surface area (Å²) in [6, 6.07) is -1.87. The molecule has 2 unspecified atom stereocenters. The molecule has 4 aliphatic rings. The number of benzene rings is 1. The van der Waals surface area contributed by atoms with Crippen molar-refractivity contribution in [3.8, 4) is 5.75 Å². The molecule has 42 heavy (non-hydrogen) atoms. The summed E-state index contributed by atoms with van der Waals surface area (Å²) in [5.41, 5.74) is 0.525. The highest BCUT2D eigenvalue weighted by molar-refractivity contribution is 6.24. The van der Waals surface area contributed by atoms with E-state index in [9.17, 15) is 39.6 Å². The smallest absolute Gasteiger partial charge is 0.255 e. The van der Waals surface area contributed by atoms with Crippen molar-refractivity contribution in [2.75, 3.05) is 26.5 Å². The lowest BCUT2D eigenvalue weighted by Gasteiger charge is -2.50.